The third-order valence-electron chi connectivity index (χ3n) is 9.88. The van der Waals surface area contributed by atoms with Crippen LogP contribution in [0.1, 0.15) is 93.9 Å². The normalized spacial score (nSPS) is 23.8. The first-order valence-corrected chi connectivity index (χ1v) is 14.9. The van der Waals surface area contributed by atoms with Gasteiger partial charge in [0.25, 0.3) is 5.56 Å². The molecule has 3 fully saturated rings. The summed E-state index contributed by atoms with van der Waals surface area (Å²) in [5.41, 5.74) is 3.53. The van der Waals surface area contributed by atoms with E-state index in [1.54, 1.807) is 0 Å². The van der Waals surface area contributed by atoms with Crippen LogP contribution in [0.4, 0.5) is 0 Å². The summed E-state index contributed by atoms with van der Waals surface area (Å²) in [5, 5.41) is 0. The van der Waals surface area contributed by atoms with Crippen molar-refractivity contribution in [2.24, 2.45) is 13.0 Å². The van der Waals surface area contributed by atoms with Crippen molar-refractivity contribution in [1.82, 2.24) is 19.3 Å². The maximum atomic E-state index is 14.1. The van der Waals surface area contributed by atoms with E-state index >= 15 is 0 Å². The van der Waals surface area contributed by atoms with Crippen molar-refractivity contribution in [3.63, 3.8) is 0 Å². The summed E-state index contributed by atoms with van der Waals surface area (Å²) in [5.74, 6) is 0.446. The molecule has 1 saturated heterocycles. The first kappa shape index (κ1) is 26.0. The lowest BCUT2D eigenvalue weighted by Crippen LogP contribution is -2.62. The van der Waals surface area contributed by atoms with Crippen molar-refractivity contribution in [3.05, 3.63) is 33.2 Å². The van der Waals surface area contributed by atoms with Gasteiger partial charge in [-0.1, -0.05) is 38.5 Å². The molecule has 1 aromatic rings. The maximum absolute atomic E-state index is 14.1. The van der Waals surface area contributed by atoms with Gasteiger partial charge in [0.05, 0.1) is 6.54 Å². The second kappa shape index (κ2) is 11.4. The SMILES string of the molecule is CN1CCN(C2(CN(Cc3cc4c(n(C)c3=O)CCCC4)C(=O)C3CCCCC3)CCCCC2)CC1. The topological polar surface area (TPSA) is 48.8 Å². The fraction of sp³-hybridized carbons (Fsp3) is 0.800. The molecule has 0 unspecified atom stereocenters. The number of likely N-dealkylation sites (N-methyl/N-ethyl adjacent to an activating group) is 1. The van der Waals surface area contributed by atoms with Crippen molar-refractivity contribution >= 4 is 5.91 Å². The molecule has 3 aliphatic carbocycles. The van der Waals surface area contributed by atoms with Gasteiger partial charge in [-0.25, -0.2) is 0 Å². The second-order valence-electron chi connectivity index (χ2n) is 12.3. The Kier molecular flexibility index (Phi) is 8.21. The van der Waals surface area contributed by atoms with E-state index in [4.69, 9.17) is 0 Å². The summed E-state index contributed by atoms with van der Waals surface area (Å²) in [7, 11) is 4.16. The van der Waals surface area contributed by atoms with E-state index in [1.165, 1.54) is 62.6 Å². The lowest BCUT2D eigenvalue weighted by Gasteiger charge is -2.51. The van der Waals surface area contributed by atoms with Gasteiger partial charge in [0.15, 0.2) is 0 Å². The van der Waals surface area contributed by atoms with E-state index in [1.807, 2.05) is 11.6 Å². The van der Waals surface area contributed by atoms with Gasteiger partial charge in [0.1, 0.15) is 0 Å². The minimum absolute atomic E-state index is 0.0588. The highest BCUT2D eigenvalue weighted by atomic mass is 16.2. The van der Waals surface area contributed by atoms with Crippen LogP contribution in [0.15, 0.2) is 10.9 Å². The number of aromatic nitrogens is 1. The number of rotatable bonds is 6. The highest BCUT2D eigenvalue weighted by Gasteiger charge is 2.42. The van der Waals surface area contributed by atoms with Crippen molar-refractivity contribution in [3.8, 4) is 0 Å². The highest BCUT2D eigenvalue weighted by Crippen LogP contribution is 2.37. The van der Waals surface area contributed by atoms with Gasteiger partial charge in [0.2, 0.25) is 5.91 Å². The smallest absolute Gasteiger partial charge is 0.255 e. The van der Waals surface area contributed by atoms with Crippen molar-refractivity contribution in [1.29, 1.82) is 0 Å². The van der Waals surface area contributed by atoms with E-state index < -0.39 is 0 Å². The summed E-state index contributed by atoms with van der Waals surface area (Å²) < 4.78 is 1.89. The van der Waals surface area contributed by atoms with E-state index in [-0.39, 0.29) is 17.0 Å². The fourth-order valence-electron chi connectivity index (χ4n) is 7.62. The lowest BCUT2D eigenvalue weighted by molar-refractivity contribution is -0.140. The zero-order valence-corrected chi connectivity index (χ0v) is 22.9. The number of amides is 1. The van der Waals surface area contributed by atoms with Crippen LogP contribution in [0, 0.1) is 5.92 Å². The standard InChI is InChI=1S/C30H48N4O2/c1-31-17-19-34(20-18-31)30(15-9-4-10-16-30)23-33(29(36)24-11-5-3-6-12-24)22-26-21-25-13-7-8-14-27(25)32(2)28(26)35/h21,24H,3-20,22-23H2,1-2H3. The Hall–Kier alpha value is -1.66. The van der Waals surface area contributed by atoms with Gasteiger partial charge < -0.3 is 14.4 Å². The van der Waals surface area contributed by atoms with Crippen LogP contribution < -0.4 is 5.56 Å². The summed E-state index contributed by atoms with van der Waals surface area (Å²) >= 11 is 0. The van der Waals surface area contributed by atoms with Gasteiger partial charge in [0, 0.05) is 62.5 Å². The Morgan fingerprint density at radius 3 is 2.31 bits per heavy atom. The molecule has 0 bridgehead atoms. The molecule has 0 aromatic carbocycles. The Morgan fingerprint density at radius 2 is 1.58 bits per heavy atom. The molecule has 200 valence electrons. The molecule has 1 aromatic heterocycles. The Balaban J connectivity index is 1.46. The average molecular weight is 497 g/mol. The molecule has 4 aliphatic rings. The molecule has 1 aliphatic heterocycles. The molecule has 5 rings (SSSR count). The number of piperazine rings is 1. The molecule has 36 heavy (non-hydrogen) atoms. The molecule has 0 N–H and O–H groups in total. The number of hydrogen-bond donors (Lipinski definition) is 0. The number of carbonyl (C=O) groups is 1. The number of hydrogen-bond acceptors (Lipinski definition) is 4. The van der Waals surface area contributed by atoms with E-state index in [0.717, 1.165) is 76.8 Å². The Labute approximate surface area is 218 Å². The third-order valence-corrected chi connectivity index (χ3v) is 9.88. The average Bonchev–Trinajstić information content (AvgIpc) is 2.92. The fourth-order valence-corrected chi connectivity index (χ4v) is 7.62. The minimum atomic E-state index is 0.0588. The van der Waals surface area contributed by atoms with Crippen LogP contribution in [0.25, 0.3) is 0 Å². The number of aryl methyl sites for hydroxylation is 1. The summed E-state index contributed by atoms with van der Waals surface area (Å²) in [6, 6.07) is 2.17. The molecule has 0 radical (unpaired) electrons. The van der Waals surface area contributed by atoms with Gasteiger partial charge >= 0.3 is 0 Å². The minimum Gasteiger partial charge on any atom is -0.336 e. The first-order chi connectivity index (χ1) is 17.5. The quantitative estimate of drug-likeness (QED) is 0.594. The molecule has 0 spiro atoms. The predicted octanol–water partition coefficient (Wildman–Crippen LogP) is 4.12. The third kappa shape index (κ3) is 5.45. The van der Waals surface area contributed by atoms with Crippen molar-refractivity contribution in [2.45, 2.75) is 102 Å². The molecular formula is C30H48N4O2. The first-order valence-electron chi connectivity index (χ1n) is 14.9. The monoisotopic (exact) mass is 496 g/mol. The van der Waals surface area contributed by atoms with E-state index in [2.05, 4.69) is 27.8 Å². The summed E-state index contributed by atoms with van der Waals surface area (Å²) in [6.07, 6.45) is 16.2. The lowest BCUT2D eigenvalue weighted by atomic mass is 9.78. The van der Waals surface area contributed by atoms with Crippen molar-refractivity contribution < 1.29 is 4.79 Å². The molecule has 6 nitrogen and oxygen atoms in total. The number of carbonyl (C=O) groups excluding carboxylic acids is 1. The van der Waals surface area contributed by atoms with Crippen LogP contribution in [-0.2, 0) is 31.2 Å². The second-order valence-corrected chi connectivity index (χ2v) is 12.3. The summed E-state index contributed by atoms with van der Waals surface area (Å²) in [4.78, 5) is 34.9. The summed E-state index contributed by atoms with van der Waals surface area (Å²) in [6.45, 7) is 5.63. The van der Waals surface area contributed by atoms with Crippen LogP contribution in [0.3, 0.4) is 0 Å². The van der Waals surface area contributed by atoms with Crippen LogP contribution in [0.5, 0.6) is 0 Å². The molecule has 2 heterocycles. The zero-order valence-electron chi connectivity index (χ0n) is 22.9. The largest absolute Gasteiger partial charge is 0.336 e. The van der Waals surface area contributed by atoms with Crippen LogP contribution >= 0.6 is 0 Å². The Bertz CT molecular complexity index is 966. The molecule has 1 amide bonds. The van der Waals surface area contributed by atoms with Crippen LogP contribution in [0.2, 0.25) is 0 Å². The zero-order chi connectivity index (χ0) is 25.1. The molecular weight excluding hydrogens is 448 g/mol. The Morgan fingerprint density at radius 1 is 0.917 bits per heavy atom. The molecule has 6 heteroatoms. The van der Waals surface area contributed by atoms with Gasteiger partial charge in [-0.2, -0.15) is 0 Å². The van der Waals surface area contributed by atoms with Gasteiger partial charge in [-0.3, -0.25) is 14.5 Å². The molecule has 2 saturated carbocycles. The maximum Gasteiger partial charge on any atom is 0.255 e. The van der Waals surface area contributed by atoms with Crippen molar-refractivity contribution in [2.75, 3.05) is 39.8 Å². The van der Waals surface area contributed by atoms with Crippen LogP contribution in [-0.4, -0.2) is 70.5 Å². The predicted molar refractivity (Wildman–Crippen MR) is 145 cm³/mol. The van der Waals surface area contributed by atoms with E-state index in [0.29, 0.717) is 12.5 Å². The van der Waals surface area contributed by atoms with E-state index in [9.17, 15) is 9.59 Å². The number of nitrogens with zero attached hydrogens (tertiary/aromatic N) is 4. The van der Waals surface area contributed by atoms with Gasteiger partial charge in [-0.05, 0) is 70.0 Å². The highest BCUT2D eigenvalue weighted by molar-refractivity contribution is 5.79. The number of pyridine rings is 1. The number of fused-ring (bicyclic) bond motifs is 1. The van der Waals surface area contributed by atoms with Gasteiger partial charge in [-0.15, -0.1) is 0 Å². The molecule has 0 atom stereocenters.